The first-order chi connectivity index (χ1) is 35.8. The number of hydrogen-bond acceptors (Lipinski definition) is 20. The molecule has 3 saturated heterocycles. The SMILES string of the molecule is CC(C)(C)OC(=O)Nc1ncc(-c2nc(N3CCOCC3)c3nc(Cl)n(CC(F)(F)F)c3n2)cn1.CN1CCN(c2nc3c(N4CCOCC4)nc(-c4cnc(NC(=O)OC(C)(C)C)nc4)nc3n2CC(F)(F)F)CC1. The molecule has 0 bridgehead atoms. The second-order valence-corrected chi connectivity index (χ2v) is 20.0. The first kappa shape index (κ1) is 55.2. The number of likely N-dealkylation sites (N-methyl/N-ethyl adjacent to an activating group) is 1. The number of imidazole rings is 2. The number of fused-ring (bicyclic) bond motifs is 2. The van der Waals surface area contributed by atoms with Crippen LogP contribution in [-0.2, 0) is 32.0 Å². The number of halogens is 7. The molecule has 2 amide bonds. The Bertz CT molecular complexity index is 3000. The number of carbonyl (C=O) groups excluding carboxylic acids is 2. The van der Waals surface area contributed by atoms with E-state index in [2.05, 4.69) is 55.4 Å². The van der Waals surface area contributed by atoms with Crippen LogP contribution in [0.3, 0.4) is 0 Å². The molecule has 0 aliphatic carbocycles. The van der Waals surface area contributed by atoms with Crippen LogP contribution in [0, 0.1) is 0 Å². The highest BCUT2D eigenvalue weighted by atomic mass is 35.5. The average Bonchev–Trinajstić information content (AvgIpc) is 3.88. The van der Waals surface area contributed by atoms with Crippen LogP contribution in [0.4, 0.5) is 65.4 Å². The standard InChI is InChI=1S/C25H33F3N10O3.C20H22ClF3N8O3/c1-24(2,3)41-23(39)34-21-29-13-16(14-30-21)18-32-19(36-9-11-40-12-10-36)17-20(33-18)38(15-25(26,27)28)22(31-17)37-7-5-35(4)6-8-37;1-19(2,3)35-18(33)30-17-25-8-11(9-26-17)13-28-14(31-4-6-34-7-5-31)12-15(29-13)32(16(21)27-12)10-20(22,23)24/h13-14H,5-12,15H2,1-4H3,(H,29,30,34,39);8-9H,4-7,10H2,1-3H3,(H,25,26,30,33). The second-order valence-electron chi connectivity index (χ2n) is 19.6. The summed E-state index contributed by atoms with van der Waals surface area (Å²) < 4.78 is 104. The summed E-state index contributed by atoms with van der Waals surface area (Å²) in [5.41, 5.74) is -0.306. The molecule has 0 aromatic carbocycles. The van der Waals surface area contributed by atoms with Crippen LogP contribution in [0.25, 0.3) is 45.1 Å². The van der Waals surface area contributed by atoms with Crippen molar-refractivity contribution in [1.82, 2.24) is 63.9 Å². The van der Waals surface area contributed by atoms with Crippen LogP contribution in [0.2, 0.25) is 5.28 Å². The van der Waals surface area contributed by atoms with Crippen molar-refractivity contribution in [3.63, 3.8) is 0 Å². The molecule has 9 heterocycles. The molecular weight excluding hydrogens is 1040 g/mol. The maximum atomic E-state index is 13.9. The first-order valence-electron chi connectivity index (χ1n) is 23.8. The van der Waals surface area contributed by atoms with E-state index < -0.39 is 48.8 Å². The van der Waals surface area contributed by atoms with Gasteiger partial charge in [-0.05, 0) is 60.2 Å². The maximum absolute atomic E-state index is 13.9. The van der Waals surface area contributed by atoms with Gasteiger partial charge in [0.2, 0.25) is 23.1 Å². The summed E-state index contributed by atoms with van der Waals surface area (Å²) in [6.07, 6.45) is -5.01. The molecule has 31 heteroatoms. The van der Waals surface area contributed by atoms with E-state index in [1.54, 1.807) is 41.5 Å². The van der Waals surface area contributed by atoms with Gasteiger partial charge in [0.1, 0.15) is 24.3 Å². The summed E-state index contributed by atoms with van der Waals surface area (Å²) in [4.78, 5) is 75.2. The minimum atomic E-state index is -4.54. The highest BCUT2D eigenvalue weighted by molar-refractivity contribution is 6.29. The van der Waals surface area contributed by atoms with Gasteiger partial charge >= 0.3 is 24.5 Å². The first-order valence-corrected chi connectivity index (χ1v) is 24.2. The predicted molar refractivity (Wildman–Crippen MR) is 265 cm³/mol. The largest absolute Gasteiger partial charge is 0.444 e. The van der Waals surface area contributed by atoms with Gasteiger partial charge in [-0.1, -0.05) is 0 Å². The third-order valence-electron chi connectivity index (χ3n) is 11.2. The van der Waals surface area contributed by atoms with Crippen molar-refractivity contribution >= 4 is 75.6 Å². The smallest absolute Gasteiger partial charge is 0.414 e. The summed E-state index contributed by atoms with van der Waals surface area (Å²) in [6.45, 7) is 13.8. The molecule has 24 nitrogen and oxygen atoms in total. The number of rotatable bonds is 9. The molecule has 6 aromatic rings. The fourth-order valence-electron chi connectivity index (χ4n) is 7.88. The molecule has 2 N–H and O–H groups in total. The zero-order valence-corrected chi connectivity index (χ0v) is 43.2. The summed E-state index contributed by atoms with van der Waals surface area (Å²) >= 11 is 6.06. The summed E-state index contributed by atoms with van der Waals surface area (Å²) in [5, 5.41) is 4.50. The van der Waals surface area contributed by atoms with E-state index in [0.29, 0.717) is 102 Å². The third-order valence-corrected chi connectivity index (χ3v) is 11.5. The van der Waals surface area contributed by atoms with Crippen molar-refractivity contribution < 1.29 is 54.9 Å². The van der Waals surface area contributed by atoms with Crippen LogP contribution in [0.1, 0.15) is 41.5 Å². The van der Waals surface area contributed by atoms with Crippen molar-refractivity contribution in [3.8, 4) is 22.8 Å². The minimum absolute atomic E-state index is 0.00283. The molecule has 0 spiro atoms. The number of piperazine rings is 1. The Balaban J connectivity index is 0.000000204. The number of amides is 2. The van der Waals surface area contributed by atoms with Gasteiger partial charge in [-0.25, -0.2) is 59.4 Å². The number of carbonyl (C=O) groups is 2. The Morgan fingerprint density at radius 3 is 1.37 bits per heavy atom. The van der Waals surface area contributed by atoms with Crippen LogP contribution in [-0.4, -0.2) is 185 Å². The van der Waals surface area contributed by atoms with Gasteiger partial charge in [0.25, 0.3) is 0 Å². The molecule has 0 radical (unpaired) electrons. The quantitative estimate of drug-likeness (QED) is 0.116. The lowest BCUT2D eigenvalue weighted by Gasteiger charge is -2.33. The lowest BCUT2D eigenvalue weighted by atomic mass is 10.2. The van der Waals surface area contributed by atoms with Crippen molar-refractivity contribution in [2.75, 3.05) is 111 Å². The molecular formula is C45H55ClF6N18O6. The number of aromatic nitrogens is 12. The van der Waals surface area contributed by atoms with E-state index in [0.717, 1.165) is 9.13 Å². The van der Waals surface area contributed by atoms with Crippen LogP contribution < -0.4 is 25.3 Å². The van der Waals surface area contributed by atoms with Crippen molar-refractivity contribution in [3.05, 3.63) is 30.1 Å². The molecule has 3 fully saturated rings. The van der Waals surface area contributed by atoms with E-state index in [1.807, 2.05) is 21.7 Å². The number of ether oxygens (including phenoxy) is 4. The third kappa shape index (κ3) is 14.2. The van der Waals surface area contributed by atoms with Crippen molar-refractivity contribution in [2.45, 2.75) is 78.2 Å². The van der Waals surface area contributed by atoms with Gasteiger partial charge in [0.05, 0.1) is 37.6 Å². The van der Waals surface area contributed by atoms with Gasteiger partial charge < -0.3 is 38.5 Å². The minimum Gasteiger partial charge on any atom is -0.444 e. The van der Waals surface area contributed by atoms with Crippen molar-refractivity contribution in [2.24, 2.45) is 0 Å². The number of nitrogens with zero attached hydrogens (tertiary/aromatic N) is 16. The molecule has 6 aromatic heterocycles. The number of alkyl halides is 6. The monoisotopic (exact) mass is 1090 g/mol. The Morgan fingerprint density at radius 2 is 0.961 bits per heavy atom. The Hall–Kier alpha value is -7.05. The lowest BCUT2D eigenvalue weighted by molar-refractivity contribution is -0.140. The van der Waals surface area contributed by atoms with E-state index in [-0.39, 0.29) is 57.1 Å². The summed E-state index contributed by atoms with van der Waals surface area (Å²) in [5.74, 6) is 1.13. The average molecular weight is 1090 g/mol. The number of anilines is 5. The van der Waals surface area contributed by atoms with Gasteiger partial charge in [-0.2, -0.15) is 26.3 Å². The Morgan fingerprint density at radius 1 is 0.566 bits per heavy atom. The van der Waals surface area contributed by atoms with Crippen molar-refractivity contribution in [1.29, 1.82) is 0 Å². The topological polar surface area (TPSA) is 247 Å². The molecule has 0 saturated carbocycles. The zero-order valence-electron chi connectivity index (χ0n) is 42.5. The molecule has 3 aliphatic heterocycles. The zero-order chi connectivity index (χ0) is 54.7. The fourth-order valence-corrected chi connectivity index (χ4v) is 8.11. The molecule has 410 valence electrons. The van der Waals surface area contributed by atoms with E-state index in [1.165, 1.54) is 24.8 Å². The number of morpholine rings is 2. The summed E-state index contributed by atoms with van der Waals surface area (Å²) in [7, 11) is 1.97. The molecule has 9 rings (SSSR count). The molecule has 3 aliphatic rings. The predicted octanol–water partition coefficient (Wildman–Crippen LogP) is 6.46. The second kappa shape index (κ2) is 22.3. The van der Waals surface area contributed by atoms with Gasteiger partial charge in [-0.15, -0.1) is 0 Å². The highest BCUT2D eigenvalue weighted by Gasteiger charge is 2.36. The van der Waals surface area contributed by atoms with Gasteiger partial charge in [0.15, 0.2) is 45.6 Å². The number of hydrogen-bond donors (Lipinski definition) is 2. The maximum Gasteiger partial charge on any atom is 0.414 e. The van der Waals surface area contributed by atoms with Crippen LogP contribution >= 0.6 is 11.6 Å². The molecule has 0 unspecified atom stereocenters. The van der Waals surface area contributed by atoms with E-state index in [9.17, 15) is 35.9 Å². The highest BCUT2D eigenvalue weighted by Crippen LogP contribution is 2.35. The Labute approximate surface area is 435 Å². The summed E-state index contributed by atoms with van der Waals surface area (Å²) in [6, 6.07) is 0. The molecule has 0 atom stereocenters. The van der Waals surface area contributed by atoms with E-state index >= 15 is 0 Å². The van der Waals surface area contributed by atoms with Gasteiger partial charge in [-0.3, -0.25) is 19.8 Å². The van der Waals surface area contributed by atoms with Crippen LogP contribution in [0.15, 0.2) is 24.8 Å². The number of nitrogens with one attached hydrogen (secondary N) is 2. The van der Waals surface area contributed by atoms with E-state index in [4.69, 9.17) is 40.5 Å². The fraction of sp³-hybridized carbons (Fsp3) is 0.556. The lowest BCUT2D eigenvalue weighted by Crippen LogP contribution is -2.45. The van der Waals surface area contributed by atoms with Gasteiger partial charge in [0, 0.05) is 77.1 Å². The van der Waals surface area contributed by atoms with Crippen LogP contribution in [0.5, 0.6) is 0 Å². The molecule has 76 heavy (non-hydrogen) atoms. The normalized spacial score (nSPS) is 16.2. The Kier molecular flexibility index (Phi) is 16.2.